The first-order valence-electron chi connectivity index (χ1n) is 15.1. The van der Waals surface area contributed by atoms with E-state index in [-0.39, 0.29) is 24.6 Å². The summed E-state index contributed by atoms with van der Waals surface area (Å²) in [5.74, 6) is 0.522. The minimum absolute atomic E-state index is 0.0796. The molecule has 0 unspecified atom stereocenters. The predicted molar refractivity (Wildman–Crippen MR) is 176 cm³/mol. The number of alkyl halides is 3. The molecule has 5 rings (SSSR count). The van der Waals surface area contributed by atoms with Gasteiger partial charge in [0.15, 0.2) is 0 Å². The molecular formula is C35H35F3N4O3S. The summed E-state index contributed by atoms with van der Waals surface area (Å²) >= 11 is 1.58. The molecule has 1 aliphatic heterocycles. The lowest BCUT2D eigenvalue weighted by atomic mass is 10.0. The van der Waals surface area contributed by atoms with E-state index in [1.165, 1.54) is 30.8 Å². The fraction of sp³-hybridized carbons (Fsp3) is 0.286. The van der Waals surface area contributed by atoms with Crippen LogP contribution in [-0.4, -0.2) is 47.4 Å². The summed E-state index contributed by atoms with van der Waals surface area (Å²) in [4.78, 5) is 33.4. The maximum absolute atomic E-state index is 13.4. The molecule has 0 bridgehead atoms. The Labute approximate surface area is 270 Å². The number of rotatable bonds is 11. The van der Waals surface area contributed by atoms with E-state index in [9.17, 15) is 22.8 Å². The third-order valence-corrected chi connectivity index (χ3v) is 8.68. The first-order valence-corrected chi connectivity index (χ1v) is 16.3. The molecular weight excluding hydrogens is 613 g/mol. The highest BCUT2D eigenvalue weighted by Crippen LogP contribution is 2.33. The number of nitrogens with one attached hydrogen (secondary N) is 2. The number of pyridine rings is 1. The molecule has 240 valence electrons. The van der Waals surface area contributed by atoms with Crippen LogP contribution < -0.4 is 15.5 Å². The van der Waals surface area contributed by atoms with Crippen LogP contribution in [0.2, 0.25) is 0 Å². The van der Waals surface area contributed by atoms with Gasteiger partial charge in [-0.1, -0.05) is 24.3 Å². The number of hydrogen-bond donors (Lipinski definition) is 3. The molecule has 1 fully saturated rings. The van der Waals surface area contributed by atoms with Crippen LogP contribution in [-0.2, 0) is 18.5 Å². The Hall–Kier alpha value is -4.35. The van der Waals surface area contributed by atoms with Crippen LogP contribution in [0.1, 0.15) is 56.7 Å². The van der Waals surface area contributed by atoms with Crippen molar-refractivity contribution in [1.29, 1.82) is 0 Å². The van der Waals surface area contributed by atoms with Crippen molar-refractivity contribution in [2.24, 2.45) is 0 Å². The summed E-state index contributed by atoms with van der Waals surface area (Å²) in [6.07, 6.45) is 0.370. The number of hydrogen-bond acceptors (Lipinski definition) is 6. The second-order valence-electron chi connectivity index (χ2n) is 11.0. The highest BCUT2D eigenvalue weighted by Gasteiger charge is 2.30. The normalized spacial score (nSPS) is 13.3. The van der Waals surface area contributed by atoms with E-state index in [0.717, 1.165) is 49.3 Å². The lowest BCUT2D eigenvalue weighted by Crippen LogP contribution is -2.29. The summed E-state index contributed by atoms with van der Waals surface area (Å²) < 4.78 is 39.4. The van der Waals surface area contributed by atoms with E-state index in [4.69, 9.17) is 5.11 Å². The minimum Gasteiger partial charge on any atom is -0.396 e. The Morgan fingerprint density at radius 1 is 0.870 bits per heavy atom. The Morgan fingerprint density at radius 3 is 2.41 bits per heavy atom. The van der Waals surface area contributed by atoms with Crippen molar-refractivity contribution >= 4 is 35.0 Å². The number of carbonyl (C=O) groups is 2. The number of anilines is 2. The second-order valence-corrected chi connectivity index (χ2v) is 12.1. The van der Waals surface area contributed by atoms with Gasteiger partial charge in [0.1, 0.15) is 0 Å². The van der Waals surface area contributed by atoms with Crippen molar-refractivity contribution in [3.05, 3.63) is 113 Å². The number of nitrogens with zero attached hydrogens (tertiary/aromatic N) is 2. The van der Waals surface area contributed by atoms with Gasteiger partial charge in [-0.25, -0.2) is 0 Å². The Bertz CT molecular complexity index is 1680. The summed E-state index contributed by atoms with van der Waals surface area (Å²) in [6.45, 7) is 1.84. The summed E-state index contributed by atoms with van der Waals surface area (Å²) in [6, 6.07) is 21.1. The maximum atomic E-state index is 13.4. The number of aliphatic hydroxyl groups is 1. The SMILES string of the molecule is O=C(NCc1cccc(C(F)(F)F)c1)c1ccnc(-c2cc(N3CCCCC3)ccc2NC(=O)c2cccc(CSCCO)c2)c1. The lowest BCUT2D eigenvalue weighted by Gasteiger charge is -2.29. The molecule has 3 aromatic carbocycles. The van der Waals surface area contributed by atoms with Crippen LogP contribution in [0.5, 0.6) is 0 Å². The van der Waals surface area contributed by atoms with Crippen molar-refractivity contribution in [3.8, 4) is 11.3 Å². The van der Waals surface area contributed by atoms with Crippen LogP contribution >= 0.6 is 11.8 Å². The van der Waals surface area contributed by atoms with Gasteiger partial charge < -0.3 is 20.6 Å². The Morgan fingerprint density at radius 2 is 1.63 bits per heavy atom. The topological polar surface area (TPSA) is 94.6 Å². The highest BCUT2D eigenvalue weighted by molar-refractivity contribution is 7.98. The van der Waals surface area contributed by atoms with Gasteiger partial charge in [0.25, 0.3) is 11.8 Å². The number of amides is 2. The molecule has 0 spiro atoms. The van der Waals surface area contributed by atoms with Gasteiger partial charge in [0, 0.05) is 59.7 Å². The van der Waals surface area contributed by atoms with Gasteiger partial charge in [0.2, 0.25) is 0 Å². The molecule has 0 saturated carbocycles. The standard InChI is InChI=1S/C35H35F3N4O3S/c36-35(37,38)28-9-5-6-24(19-28)22-40-33(44)27-12-13-39-32(20-27)30-21-29(42-14-2-1-3-15-42)10-11-31(30)41-34(45)26-8-4-7-25(18-26)23-46-17-16-43/h4-13,18-21,43H,1-3,14-17,22-23H2,(H,40,44)(H,41,45). The van der Waals surface area contributed by atoms with E-state index in [1.54, 1.807) is 23.9 Å². The monoisotopic (exact) mass is 648 g/mol. The van der Waals surface area contributed by atoms with Crippen LogP contribution in [0.15, 0.2) is 85.1 Å². The fourth-order valence-corrected chi connectivity index (χ4v) is 6.00. The molecule has 0 atom stereocenters. The number of thioether (sulfide) groups is 1. The Balaban J connectivity index is 1.39. The predicted octanol–water partition coefficient (Wildman–Crippen LogP) is 7.17. The van der Waals surface area contributed by atoms with Crippen LogP contribution in [0.4, 0.5) is 24.5 Å². The third kappa shape index (κ3) is 8.67. The molecule has 0 aliphatic carbocycles. The quantitative estimate of drug-likeness (QED) is 0.149. The highest BCUT2D eigenvalue weighted by atomic mass is 32.2. The van der Waals surface area contributed by atoms with E-state index in [1.807, 2.05) is 36.4 Å². The van der Waals surface area contributed by atoms with E-state index in [0.29, 0.717) is 39.6 Å². The van der Waals surface area contributed by atoms with Crippen molar-refractivity contribution in [2.75, 3.05) is 35.7 Å². The molecule has 2 heterocycles. The molecule has 3 N–H and O–H groups in total. The molecule has 1 aromatic heterocycles. The van der Waals surface area contributed by atoms with Crippen LogP contribution in [0.3, 0.4) is 0 Å². The molecule has 11 heteroatoms. The van der Waals surface area contributed by atoms with Gasteiger partial charge in [-0.3, -0.25) is 14.6 Å². The number of benzene rings is 3. The van der Waals surface area contributed by atoms with Crippen molar-refractivity contribution < 1.29 is 27.9 Å². The van der Waals surface area contributed by atoms with Crippen LogP contribution in [0, 0.1) is 0 Å². The molecule has 0 radical (unpaired) electrons. The number of aliphatic hydroxyl groups excluding tert-OH is 1. The zero-order valence-corrected chi connectivity index (χ0v) is 26.0. The van der Waals surface area contributed by atoms with Crippen molar-refractivity contribution in [1.82, 2.24) is 10.3 Å². The number of piperidine rings is 1. The number of carbonyl (C=O) groups excluding carboxylic acids is 2. The smallest absolute Gasteiger partial charge is 0.396 e. The summed E-state index contributed by atoms with van der Waals surface area (Å²) in [5.41, 5.74) is 3.91. The summed E-state index contributed by atoms with van der Waals surface area (Å²) in [5, 5.41) is 14.8. The second kappa shape index (κ2) is 15.3. The average Bonchev–Trinajstić information content (AvgIpc) is 3.08. The van der Waals surface area contributed by atoms with Crippen LogP contribution in [0.25, 0.3) is 11.3 Å². The van der Waals surface area contributed by atoms with E-state index in [2.05, 4.69) is 20.5 Å². The van der Waals surface area contributed by atoms with Gasteiger partial charge in [-0.15, -0.1) is 0 Å². The first-order chi connectivity index (χ1) is 22.2. The molecule has 1 saturated heterocycles. The van der Waals surface area contributed by atoms with Gasteiger partial charge >= 0.3 is 6.18 Å². The van der Waals surface area contributed by atoms with E-state index >= 15 is 0 Å². The first kappa shape index (κ1) is 33.0. The van der Waals surface area contributed by atoms with Crippen molar-refractivity contribution in [3.63, 3.8) is 0 Å². The zero-order chi connectivity index (χ0) is 32.5. The molecule has 1 aliphatic rings. The molecule has 2 amide bonds. The van der Waals surface area contributed by atoms with Gasteiger partial charge in [-0.2, -0.15) is 24.9 Å². The third-order valence-electron chi connectivity index (χ3n) is 7.67. The molecule has 7 nitrogen and oxygen atoms in total. The number of aromatic nitrogens is 1. The average molecular weight is 649 g/mol. The van der Waals surface area contributed by atoms with Gasteiger partial charge in [-0.05, 0) is 85.0 Å². The zero-order valence-electron chi connectivity index (χ0n) is 25.1. The van der Waals surface area contributed by atoms with Gasteiger partial charge in [0.05, 0.1) is 23.6 Å². The van der Waals surface area contributed by atoms with E-state index < -0.39 is 17.6 Å². The molecule has 4 aromatic rings. The number of halogens is 3. The summed E-state index contributed by atoms with van der Waals surface area (Å²) in [7, 11) is 0. The molecule has 46 heavy (non-hydrogen) atoms. The van der Waals surface area contributed by atoms with Crippen molar-refractivity contribution in [2.45, 2.75) is 37.7 Å². The fourth-order valence-electron chi connectivity index (χ4n) is 5.31. The lowest BCUT2D eigenvalue weighted by molar-refractivity contribution is -0.137. The Kier molecular flexibility index (Phi) is 11.0. The minimum atomic E-state index is -4.47. The largest absolute Gasteiger partial charge is 0.416 e. The maximum Gasteiger partial charge on any atom is 0.416 e.